The molecule has 0 spiro atoms. The van der Waals surface area contributed by atoms with Gasteiger partial charge in [0.05, 0.1) is 12.7 Å². The molecule has 0 saturated carbocycles. The van der Waals surface area contributed by atoms with Crippen molar-refractivity contribution in [2.24, 2.45) is 0 Å². The quantitative estimate of drug-likeness (QED) is 0.485. The fourth-order valence-electron chi connectivity index (χ4n) is 3.97. The number of carbonyl (C=O) groups excluding carboxylic acids is 1. The van der Waals surface area contributed by atoms with Crippen molar-refractivity contribution in [2.45, 2.75) is 12.6 Å². The van der Waals surface area contributed by atoms with Gasteiger partial charge in [0, 0.05) is 43.5 Å². The second-order valence-corrected chi connectivity index (χ2v) is 7.96. The Labute approximate surface area is 194 Å². The lowest BCUT2D eigenvalue weighted by atomic mass is 10.0. The Morgan fingerprint density at radius 3 is 2.38 bits per heavy atom. The van der Waals surface area contributed by atoms with Crippen LogP contribution in [0.4, 0.5) is 23.4 Å². The largest absolute Gasteiger partial charge is 0.496 e. The monoisotopic (exact) mass is 473 g/mol. The molecule has 1 saturated heterocycles. The van der Waals surface area contributed by atoms with Crippen LogP contribution in [0, 0.1) is 5.82 Å². The molecule has 9 heteroatoms. The highest BCUT2D eigenvalue weighted by molar-refractivity contribution is 5.95. The second kappa shape index (κ2) is 9.70. The standard InChI is InChI=1S/C25H23F4N3O2/c1-34-22-9-8-20(26)15-21(22)17-3-5-18(6-4-17)24(33)32-12-2-11-31(13-14-32)23-10-7-19(16-30-23)25(27,28)29/h3-10,15-16H,2,11-14H2,1H3. The van der Waals surface area contributed by atoms with Crippen molar-refractivity contribution < 1.29 is 27.1 Å². The smallest absolute Gasteiger partial charge is 0.417 e. The second-order valence-electron chi connectivity index (χ2n) is 7.96. The molecule has 1 aliphatic rings. The number of carbonyl (C=O) groups is 1. The number of methoxy groups -OCH3 is 1. The fraction of sp³-hybridized carbons (Fsp3) is 0.280. The lowest BCUT2D eigenvalue weighted by molar-refractivity contribution is -0.137. The van der Waals surface area contributed by atoms with Gasteiger partial charge in [-0.15, -0.1) is 0 Å². The lowest BCUT2D eigenvalue weighted by Gasteiger charge is -2.23. The maximum Gasteiger partial charge on any atom is 0.417 e. The van der Waals surface area contributed by atoms with Crippen LogP contribution in [0.25, 0.3) is 11.1 Å². The van der Waals surface area contributed by atoms with Gasteiger partial charge in [-0.25, -0.2) is 9.37 Å². The van der Waals surface area contributed by atoms with Crippen LogP contribution in [0.5, 0.6) is 5.75 Å². The minimum absolute atomic E-state index is 0.139. The fourth-order valence-corrected chi connectivity index (χ4v) is 3.97. The topological polar surface area (TPSA) is 45.7 Å². The Balaban J connectivity index is 1.43. The molecule has 4 rings (SSSR count). The lowest BCUT2D eigenvalue weighted by Crippen LogP contribution is -2.35. The van der Waals surface area contributed by atoms with Crippen LogP contribution in [0.1, 0.15) is 22.3 Å². The number of hydrogen-bond acceptors (Lipinski definition) is 4. The van der Waals surface area contributed by atoms with Crippen molar-refractivity contribution >= 4 is 11.7 Å². The SMILES string of the molecule is COc1ccc(F)cc1-c1ccc(C(=O)N2CCCN(c3ccc(C(F)(F)F)cn3)CC2)cc1. The average Bonchev–Trinajstić information content (AvgIpc) is 3.10. The first-order chi connectivity index (χ1) is 16.3. The molecule has 0 aliphatic carbocycles. The molecule has 5 nitrogen and oxygen atoms in total. The molecule has 1 aliphatic heterocycles. The molecule has 0 radical (unpaired) electrons. The minimum Gasteiger partial charge on any atom is -0.496 e. The minimum atomic E-state index is -4.43. The molecule has 2 heterocycles. The van der Waals surface area contributed by atoms with Gasteiger partial charge >= 0.3 is 6.18 Å². The summed E-state index contributed by atoms with van der Waals surface area (Å²) in [6.07, 6.45) is -2.94. The molecular weight excluding hydrogens is 450 g/mol. The molecule has 178 valence electrons. The highest BCUT2D eigenvalue weighted by Gasteiger charge is 2.31. The number of alkyl halides is 3. The van der Waals surface area contributed by atoms with Crippen LogP contribution in [0.15, 0.2) is 60.8 Å². The molecule has 1 amide bonds. The van der Waals surface area contributed by atoms with E-state index >= 15 is 0 Å². The summed E-state index contributed by atoms with van der Waals surface area (Å²) in [5.41, 5.74) is 1.03. The predicted molar refractivity (Wildman–Crippen MR) is 120 cm³/mol. The first-order valence-corrected chi connectivity index (χ1v) is 10.8. The molecule has 0 bridgehead atoms. The van der Waals surface area contributed by atoms with Gasteiger partial charge in [0.2, 0.25) is 0 Å². The molecule has 1 fully saturated rings. The van der Waals surface area contributed by atoms with E-state index in [1.54, 1.807) is 35.2 Å². The third-order valence-electron chi connectivity index (χ3n) is 5.79. The third-order valence-corrected chi connectivity index (χ3v) is 5.79. The molecule has 2 aromatic carbocycles. The number of rotatable bonds is 4. The Bertz CT molecular complexity index is 1150. The Kier molecular flexibility index (Phi) is 6.72. The van der Waals surface area contributed by atoms with E-state index in [4.69, 9.17) is 4.74 Å². The van der Waals surface area contributed by atoms with Crippen LogP contribution in [-0.2, 0) is 6.18 Å². The molecular formula is C25H23F4N3O2. The van der Waals surface area contributed by atoms with Crippen molar-refractivity contribution in [3.63, 3.8) is 0 Å². The molecule has 3 aromatic rings. The first-order valence-electron chi connectivity index (χ1n) is 10.8. The zero-order valence-electron chi connectivity index (χ0n) is 18.5. The summed E-state index contributed by atoms with van der Waals surface area (Å²) in [5.74, 6) is 0.466. The van der Waals surface area contributed by atoms with Crippen LogP contribution in [0.3, 0.4) is 0 Å². The van der Waals surface area contributed by atoms with Gasteiger partial charge in [0.25, 0.3) is 5.91 Å². The van der Waals surface area contributed by atoms with E-state index in [1.807, 2.05) is 4.90 Å². The summed E-state index contributed by atoms with van der Waals surface area (Å²) in [4.78, 5) is 20.6. The molecule has 0 N–H and O–H groups in total. The number of nitrogens with zero attached hydrogens (tertiary/aromatic N) is 3. The van der Waals surface area contributed by atoms with Gasteiger partial charge < -0.3 is 14.5 Å². The molecule has 34 heavy (non-hydrogen) atoms. The molecule has 0 unspecified atom stereocenters. The van der Waals surface area contributed by atoms with Crippen LogP contribution in [-0.4, -0.2) is 49.1 Å². The zero-order valence-corrected chi connectivity index (χ0v) is 18.5. The van der Waals surface area contributed by atoms with Gasteiger partial charge in [-0.05, 0) is 54.4 Å². The van der Waals surface area contributed by atoms with Gasteiger partial charge in [-0.2, -0.15) is 13.2 Å². The normalized spacial score (nSPS) is 14.6. The van der Waals surface area contributed by atoms with E-state index in [-0.39, 0.29) is 11.7 Å². The number of anilines is 1. The number of amides is 1. The van der Waals surface area contributed by atoms with Crippen molar-refractivity contribution in [3.8, 4) is 16.9 Å². The van der Waals surface area contributed by atoms with Crippen molar-refractivity contribution in [1.82, 2.24) is 9.88 Å². The Hall–Kier alpha value is -3.62. The average molecular weight is 473 g/mol. The first kappa shape index (κ1) is 23.5. The third kappa shape index (κ3) is 5.13. The van der Waals surface area contributed by atoms with E-state index in [9.17, 15) is 22.4 Å². The Morgan fingerprint density at radius 1 is 0.971 bits per heavy atom. The van der Waals surface area contributed by atoms with E-state index in [0.717, 1.165) is 17.8 Å². The molecule has 0 atom stereocenters. The summed E-state index contributed by atoms with van der Waals surface area (Å²) < 4.78 is 57.4. The van der Waals surface area contributed by atoms with Crippen molar-refractivity contribution in [1.29, 1.82) is 0 Å². The number of benzene rings is 2. The van der Waals surface area contributed by atoms with Crippen LogP contribution < -0.4 is 9.64 Å². The number of pyridine rings is 1. The summed E-state index contributed by atoms with van der Waals surface area (Å²) in [6.45, 7) is 1.99. The Morgan fingerprint density at radius 2 is 1.74 bits per heavy atom. The molecule has 1 aromatic heterocycles. The number of halogens is 4. The van der Waals surface area contributed by atoms with Gasteiger partial charge in [0.15, 0.2) is 0 Å². The summed E-state index contributed by atoms with van der Waals surface area (Å²) in [6, 6.07) is 13.5. The number of ether oxygens (including phenoxy) is 1. The van der Waals surface area contributed by atoms with E-state index < -0.39 is 11.7 Å². The van der Waals surface area contributed by atoms with Crippen molar-refractivity contribution in [2.75, 3.05) is 38.2 Å². The number of aromatic nitrogens is 1. The summed E-state index contributed by atoms with van der Waals surface area (Å²) in [7, 11) is 1.51. The maximum absolute atomic E-state index is 13.7. The van der Waals surface area contributed by atoms with Crippen LogP contribution >= 0.6 is 0 Å². The van der Waals surface area contributed by atoms with Crippen molar-refractivity contribution in [3.05, 3.63) is 77.7 Å². The predicted octanol–water partition coefficient (Wildman–Crippen LogP) is 5.27. The van der Waals surface area contributed by atoms with E-state index in [2.05, 4.69) is 4.98 Å². The summed E-state index contributed by atoms with van der Waals surface area (Å²) >= 11 is 0. The van der Waals surface area contributed by atoms with Crippen LogP contribution in [0.2, 0.25) is 0 Å². The van der Waals surface area contributed by atoms with E-state index in [0.29, 0.717) is 55.3 Å². The zero-order chi connectivity index (χ0) is 24.3. The number of hydrogen-bond donors (Lipinski definition) is 0. The summed E-state index contributed by atoms with van der Waals surface area (Å²) in [5, 5.41) is 0. The highest BCUT2D eigenvalue weighted by atomic mass is 19.4. The van der Waals surface area contributed by atoms with Gasteiger partial charge in [-0.1, -0.05) is 12.1 Å². The highest BCUT2D eigenvalue weighted by Crippen LogP contribution is 2.31. The maximum atomic E-state index is 13.7. The van der Waals surface area contributed by atoms with E-state index in [1.165, 1.54) is 25.3 Å². The van der Waals surface area contributed by atoms with Gasteiger partial charge in [-0.3, -0.25) is 4.79 Å². The van der Waals surface area contributed by atoms with Gasteiger partial charge in [0.1, 0.15) is 17.4 Å².